The highest BCUT2D eigenvalue weighted by Crippen LogP contribution is 2.44. The highest BCUT2D eigenvalue weighted by Gasteiger charge is 2.49. The van der Waals surface area contributed by atoms with Crippen molar-refractivity contribution < 1.29 is 14.5 Å². The molecule has 3 aliphatic carbocycles. The van der Waals surface area contributed by atoms with E-state index in [1.165, 1.54) is 38.5 Å². The Labute approximate surface area is 207 Å². The number of rotatable bonds is 4. The number of halogens is 1. The summed E-state index contributed by atoms with van der Waals surface area (Å²) < 4.78 is 6.30. The molecule has 0 bridgehead atoms. The average Bonchev–Trinajstić information content (AvgIpc) is 3.32. The lowest BCUT2D eigenvalue weighted by atomic mass is 9.86. The van der Waals surface area contributed by atoms with Crippen molar-refractivity contribution in [3.8, 4) is 0 Å². The number of benzene rings is 1. The first kappa shape index (κ1) is 23.0. The minimum atomic E-state index is -0.509. The van der Waals surface area contributed by atoms with E-state index in [9.17, 15) is 0 Å². The molecule has 34 heavy (non-hydrogen) atoms. The molecule has 1 aromatic heterocycles. The number of hydrogen-bond acceptors (Lipinski definition) is 6. The molecular weight excluding hydrogens is 450 g/mol. The van der Waals surface area contributed by atoms with Gasteiger partial charge in [-0.2, -0.15) is 0 Å². The molecule has 4 fully saturated rings. The van der Waals surface area contributed by atoms with Gasteiger partial charge in [0.25, 0.3) is 0 Å². The second kappa shape index (κ2) is 9.55. The second-order valence-electron chi connectivity index (χ2n) is 10.9. The van der Waals surface area contributed by atoms with Crippen LogP contribution in [0.2, 0.25) is 5.02 Å². The zero-order chi connectivity index (χ0) is 23.0. The maximum atomic E-state index is 6.30. The number of nitrogens with one attached hydrogen (secondary N) is 2. The molecular formula is C27H36ClN3O3. The van der Waals surface area contributed by atoms with Gasteiger partial charge in [0, 0.05) is 53.3 Å². The van der Waals surface area contributed by atoms with Crippen molar-refractivity contribution in [3.63, 3.8) is 0 Å². The maximum absolute atomic E-state index is 6.30. The Morgan fingerprint density at radius 2 is 1.59 bits per heavy atom. The van der Waals surface area contributed by atoms with E-state index in [0.29, 0.717) is 24.7 Å². The Bertz CT molecular complexity index is 984. The van der Waals surface area contributed by atoms with E-state index >= 15 is 0 Å². The SMILES string of the molecule is Clc1ccc2c(N[C@H]3CC[C@H](NC4CCC5(CC4)OCC4(CCCC4)OO5)CC3)ccnc2c1. The van der Waals surface area contributed by atoms with Gasteiger partial charge >= 0.3 is 0 Å². The van der Waals surface area contributed by atoms with Crippen LogP contribution in [-0.2, 0) is 14.5 Å². The molecule has 0 unspecified atom stereocenters. The van der Waals surface area contributed by atoms with Gasteiger partial charge in [0.05, 0.1) is 12.1 Å². The molecule has 2 aromatic rings. The van der Waals surface area contributed by atoms with Crippen LogP contribution < -0.4 is 10.6 Å². The van der Waals surface area contributed by atoms with Crippen LogP contribution in [0, 0.1) is 0 Å². The molecule has 7 heteroatoms. The van der Waals surface area contributed by atoms with E-state index in [1.807, 2.05) is 18.3 Å². The Hall–Kier alpha value is -1.44. The molecule has 0 radical (unpaired) electrons. The van der Waals surface area contributed by atoms with Crippen LogP contribution in [0.5, 0.6) is 0 Å². The summed E-state index contributed by atoms with van der Waals surface area (Å²) in [6, 6.07) is 9.65. The Balaban J connectivity index is 0.961. The molecule has 3 saturated carbocycles. The lowest BCUT2D eigenvalue weighted by Crippen LogP contribution is -2.54. The van der Waals surface area contributed by atoms with Crippen molar-refractivity contribution in [1.29, 1.82) is 0 Å². The number of hydrogen-bond donors (Lipinski definition) is 2. The summed E-state index contributed by atoms with van der Waals surface area (Å²) in [6.07, 6.45) is 15.2. The molecule has 1 aromatic carbocycles. The van der Waals surface area contributed by atoms with Crippen LogP contribution in [-0.4, -0.2) is 41.1 Å². The molecule has 0 amide bonds. The smallest absolute Gasteiger partial charge is 0.201 e. The molecule has 1 aliphatic heterocycles. The van der Waals surface area contributed by atoms with Crippen molar-refractivity contribution in [2.24, 2.45) is 0 Å². The number of ether oxygens (including phenoxy) is 1. The minimum absolute atomic E-state index is 0.164. The zero-order valence-corrected chi connectivity index (χ0v) is 20.6. The van der Waals surface area contributed by atoms with Crippen LogP contribution in [0.3, 0.4) is 0 Å². The number of anilines is 1. The Morgan fingerprint density at radius 3 is 2.32 bits per heavy atom. The van der Waals surface area contributed by atoms with Crippen molar-refractivity contribution in [2.75, 3.05) is 11.9 Å². The number of nitrogens with zero attached hydrogens (tertiary/aromatic N) is 1. The van der Waals surface area contributed by atoms with Gasteiger partial charge in [-0.1, -0.05) is 24.4 Å². The van der Waals surface area contributed by atoms with E-state index < -0.39 is 5.79 Å². The fourth-order valence-electron chi connectivity index (χ4n) is 6.38. The predicted octanol–water partition coefficient (Wildman–Crippen LogP) is 6.13. The number of aromatic nitrogens is 1. The summed E-state index contributed by atoms with van der Waals surface area (Å²) in [5.74, 6) is -0.509. The monoisotopic (exact) mass is 485 g/mol. The molecule has 6 rings (SSSR count). The molecule has 2 N–H and O–H groups in total. The van der Waals surface area contributed by atoms with Crippen LogP contribution in [0.25, 0.3) is 10.9 Å². The van der Waals surface area contributed by atoms with Gasteiger partial charge in [0.2, 0.25) is 5.79 Å². The third-order valence-electron chi connectivity index (χ3n) is 8.49. The zero-order valence-electron chi connectivity index (χ0n) is 19.9. The standard InChI is InChI=1S/C27H36ClN3O3/c28-19-3-8-23-24(11-16-29-25(23)17-19)31-21-6-4-20(5-7-21)30-22-9-14-27(15-10-22)32-18-26(33-34-27)12-1-2-13-26/h3,8,11,16-17,20-22,30H,1-2,4-7,9-10,12-15,18H2,(H,29,31)/t20-,21-,22?,27?. The van der Waals surface area contributed by atoms with E-state index in [1.54, 1.807) is 0 Å². The first-order valence-corrected chi connectivity index (χ1v) is 13.6. The molecule has 4 aliphatic rings. The van der Waals surface area contributed by atoms with E-state index in [-0.39, 0.29) is 5.60 Å². The van der Waals surface area contributed by atoms with E-state index in [0.717, 1.165) is 60.1 Å². The fraction of sp³-hybridized carbons (Fsp3) is 0.667. The topological polar surface area (TPSA) is 64.6 Å². The van der Waals surface area contributed by atoms with Crippen LogP contribution >= 0.6 is 11.6 Å². The van der Waals surface area contributed by atoms with Crippen molar-refractivity contribution in [1.82, 2.24) is 10.3 Å². The molecule has 184 valence electrons. The van der Waals surface area contributed by atoms with Crippen LogP contribution in [0.4, 0.5) is 5.69 Å². The molecule has 1 saturated heterocycles. The third-order valence-corrected chi connectivity index (χ3v) is 8.73. The Morgan fingerprint density at radius 1 is 0.853 bits per heavy atom. The fourth-order valence-corrected chi connectivity index (χ4v) is 6.55. The van der Waals surface area contributed by atoms with Gasteiger partial charge < -0.3 is 15.4 Å². The quantitative estimate of drug-likeness (QED) is 0.508. The highest BCUT2D eigenvalue weighted by molar-refractivity contribution is 6.31. The van der Waals surface area contributed by atoms with Gasteiger partial charge in [-0.25, -0.2) is 9.78 Å². The maximum Gasteiger partial charge on any atom is 0.201 e. The predicted molar refractivity (Wildman–Crippen MR) is 134 cm³/mol. The van der Waals surface area contributed by atoms with Gasteiger partial charge in [0.1, 0.15) is 5.60 Å². The molecule has 6 nitrogen and oxygen atoms in total. The summed E-state index contributed by atoms with van der Waals surface area (Å²) in [7, 11) is 0. The van der Waals surface area contributed by atoms with Gasteiger partial charge in [-0.05, 0) is 75.6 Å². The first-order chi connectivity index (χ1) is 16.6. The summed E-state index contributed by atoms with van der Waals surface area (Å²) in [5.41, 5.74) is 1.94. The van der Waals surface area contributed by atoms with E-state index in [2.05, 4.69) is 27.8 Å². The highest BCUT2D eigenvalue weighted by atomic mass is 35.5. The molecule has 2 heterocycles. The molecule has 2 spiro atoms. The largest absolute Gasteiger partial charge is 0.382 e. The minimum Gasteiger partial charge on any atom is -0.382 e. The number of pyridine rings is 1. The van der Waals surface area contributed by atoms with E-state index in [4.69, 9.17) is 26.1 Å². The summed E-state index contributed by atoms with van der Waals surface area (Å²) in [4.78, 5) is 16.3. The lowest BCUT2D eigenvalue weighted by Gasteiger charge is -2.46. The molecule has 0 atom stereocenters. The lowest BCUT2D eigenvalue weighted by molar-refractivity contribution is -0.516. The third kappa shape index (κ3) is 4.80. The average molecular weight is 486 g/mol. The summed E-state index contributed by atoms with van der Waals surface area (Å²) in [5, 5.41) is 9.58. The second-order valence-corrected chi connectivity index (χ2v) is 11.3. The normalized spacial score (nSPS) is 33.5. The first-order valence-electron chi connectivity index (χ1n) is 13.2. The van der Waals surface area contributed by atoms with Gasteiger partial charge in [0.15, 0.2) is 0 Å². The Kier molecular flexibility index (Phi) is 6.46. The van der Waals surface area contributed by atoms with Gasteiger partial charge in [-0.3, -0.25) is 4.98 Å². The van der Waals surface area contributed by atoms with Crippen LogP contribution in [0.15, 0.2) is 30.5 Å². The van der Waals surface area contributed by atoms with Crippen molar-refractivity contribution >= 4 is 28.2 Å². The summed E-state index contributed by atoms with van der Waals surface area (Å²) >= 11 is 6.14. The van der Waals surface area contributed by atoms with Crippen molar-refractivity contribution in [2.45, 2.75) is 107 Å². The van der Waals surface area contributed by atoms with Gasteiger partial charge in [-0.15, -0.1) is 0 Å². The van der Waals surface area contributed by atoms with Crippen molar-refractivity contribution in [3.05, 3.63) is 35.5 Å². The summed E-state index contributed by atoms with van der Waals surface area (Å²) in [6.45, 7) is 0.696. The van der Waals surface area contributed by atoms with Crippen LogP contribution in [0.1, 0.15) is 77.0 Å². The number of fused-ring (bicyclic) bond motifs is 1.